The quantitative estimate of drug-likeness (QED) is 0.527. The lowest BCUT2D eigenvalue weighted by molar-refractivity contribution is -0.116. The van der Waals surface area contributed by atoms with Gasteiger partial charge in [-0.2, -0.15) is 0 Å². The monoisotopic (exact) mass is 375 g/mol. The van der Waals surface area contributed by atoms with Gasteiger partial charge in [-0.15, -0.1) is 0 Å². The molecule has 6 heteroatoms. The summed E-state index contributed by atoms with van der Waals surface area (Å²) in [6, 6.07) is 13.3. The maximum absolute atomic E-state index is 11.9. The third-order valence-corrected chi connectivity index (χ3v) is 4.72. The molecule has 0 aliphatic rings. The standard InChI is InChI=1S/C19H19Cl2N3O/c20-16-6-5-14(11-17(16)21)24-19(25)8-10-22-9-7-13-12-23-18-4-2-1-3-15(13)18/h1-6,11-12,22-23H,7-10H2,(H,24,25). The minimum Gasteiger partial charge on any atom is -0.361 e. The summed E-state index contributed by atoms with van der Waals surface area (Å²) in [7, 11) is 0. The highest BCUT2D eigenvalue weighted by molar-refractivity contribution is 6.42. The summed E-state index contributed by atoms with van der Waals surface area (Å²) in [6.07, 6.45) is 3.36. The van der Waals surface area contributed by atoms with Crippen molar-refractivity contribution in [3.05, 3.63) is 64.3 Å². The number of rotatable bonds is 7. The van der Waals surface area contributed by atoms with Crippen LogP contribution in [-0.2, 0) is 11.2 Å². The van der Waals surface area contributed by atoms with Crippen LogP contribution in [0.3, 0.4) is 0 Å². The second-order valence-corrected chi connectivity index (χ2v) is 6.60. The number of H-pyrrole nitrogens is 1. The van der Waals surface area contributed by atoms with Gasteiger partial charge in [0.05, 0.1) is 10.0 Å². The molecule has 130 valence electrons. The predicted molar refractivity (Wildman–Crippen MR) is 105 cm³/mol. The minimum absolute atomic E-state index is 0.0574. The van der Waals surface area contributed by atoms with Crippen LogP contribution >= 0.6 is 23.2 Å². The lowest BCUT2D eigenvalue weighted by Crippen LogP contribution is -2.23. The summed E-state index contributed by atoms with van der Waals surface area (Å²) in [5.41, 5.74) is 3.08. The molecule has 3 rings (SSSR count). The Bertz CT molecular complexity index is 876. The highest BCUT2D eigenvalue weighted by Crippen LogP contribution is 2.25. The van der Waals surface area contributed by atoms with Crippen molar-refractivity contribution in [2.75, 3.05) is 18.4 Å². The minimum atomic E-state index is -0.0574. The van der Waals surface area contributed by atoms with Crippen LogP contribution in [0.25, 0.3) is 10.9 Å². The van der Waals surface area contributed by atoms with Gasteiger partial charge >= 0.3 is 0 Å². The summed E-state index contributed by atoms with van der Waals surface area (Å²) in [5.74, 6) is -0.0574. The zero-order valence-electron chi connectivity index (χ0n) is 13.6. The number of fused-ring (bicyclic) bond motifs is 1. The molecule has 2 aromatic carbocycles. The molecule has 1 heterocycles. The molecule has 0 aliphatic carbocycles. The van der Waals surface area contributed by atoms with E-state index in [0.717, 1.165) is 18.5 Å². The predicted octanol–water partition coefficient (Wildman–Crippen LogP) is 4.64. The molecule has 4 nitrogen and oxygen atoms in total. The van der Waals surface area contributed by atoms with Crippen molar-refractivity contribution in [3.8, 4) is 0 Å². The number of benzene rings is 2. The molecule has 0 saturated heterocycles. The fourth-order valence-electron chi connectivity index (χ4n) is 2.69. The molecule has 3 N–H and O–H groups in total. The molecule has 0 spiro atoms. The van der Waals surface area contributed by atoms with Gasteiger partial charge in [-0.3, -0.25) is 4.79 Å². The van der Waals surface area contributed by atoms with E-state index in [-0.39, 0.29) is 5.91 Å². The molecular weight excluding hydrogens is 357 g/mol. The Morgan fingerprint density at radius 2 is 1.88 bits per heavy atom. The van der Waals surface area contributed by atoms with Gasteiger partial charge in [0.15, 0.2) is 0 Å². The van der Waals surface area contributed by atoms with E-state index < -0.39 is 0 Å². The molecule has 3 aromatic rings. The number of anilines is 1. The summed E-state index contributed by atoms with van der Waals surface area (Å²) >= 11 is 11.8. The molecule has 0 fully saturated rings. The number of carbonyl (C=O) groups excluding carboxylic acids is 1. The molecule has 0 atom stereocenters. The fourth-order valence-corrected chi connectivity index (χ4v) is 2.98. The van der Waals surface area contributed by atoms with Gasteiger partial charge < -0.3 is 15.6 Å². The third kappa shape index (κ3) is 4.75. The van der Waals surface area contributed by atoms with E-state index in [1.54, 1.807) is 18.2 Å². The van der Waals surface area contributed by atoms with E-state index in [4.69, 9.17) is 23.2 Å². The van der Waals surface area contributed by atoms with Crippen molar-refractivity contribution in [1.29, 1.82) is 0 Å². The van der Waals surface area contributed by atoms with Crippen LogP contribution in [0.1, 0.15) is 12.0 Å². The summed E-state index contributed by atoms with van der Waals surface area (Å²) in [6.45, 7) is 1.44. The molecule has 1 aromatic heterocycles. The lowest BCUT2D eigenvalue weighted by Gasteiger charge is -2.07. The van der Waals surface area contributed by atoms with E-state index in [2.05, 4.69) is 27.8 Å². The summed E-state index contributed by atoms with van der Waals surface area (Å²) in [5, 5.41) is 8.26. The van der Waals surface area contributed by atoms with Gasteiger partial charge in [-0.25, -0.2) is 0 Å². The van der Waals surface area contributed by atoms with Gasteiger partial charge in [0.25, 0.3) is 0 Å². The first kappa shape index (κ1) is 17.8. The number of carbonyl (C=O) groups is 1. The van der Waals surface area contributed by atoms with Crippen molar-refractivity contribution >= 4 is 45.7 Å². The third-order valence-electron chi connectivity index (χ3n) is 3.98. The van der Waals surface area contributed by atoms with Crippen molar-refractivity contribution in [2.45, 2.75) is 12.8 Å². The lowest BCUT2D eigenvalue weighted by atomic mass is 10.1. The van der Waals surface area contributed by atoms with Crippen molar-refractivity contribution < 1.29 is 4.79 Å². The van der Waals surface area contributed by atoms with Crippen LogP contribution < -0.4 is 10.6 Å². The Kier molecular flexibility index (Phi) is 5.97. The average Bonchev–Trinajstić information content (AvgIpc) is 3.01. The van der Waals surface area contributed by atoms with Crippen LogP contribution in [0.2, 0.25) is 10.0 Å². The molecule has 0 bridgehead atoms. The van der Waals surface area contributed by atoms with E-state index in [1.807, 2.05) is 18.3 Å². The topological polar surface area (TPSA) is 56.9 Å². The fraction of sp³-hybridized carbons (Fsp3) is 0.211. The average molecular weight is 376 g/mol. The maximum Gasteiger partial charge on any atom is 0.225 e. The number of hydrogen-bond acceptors (Lipinski definition) is 2. The Labute approximate surface area is 156 Å². The van der Waals surface area contributed by atoms with Crippen molar-refractivity contribution in [3.63, 3.8) is 0 Å². The molecular formula is C19H19Cl2N3O. The largest absolute Gasteiger partial charge is 0.361 e. The zero-order valence-corrected chi connectivity index (χ0v) is 15.1. The Hall–Kier alpha value is -2.01. The number of para-hydroxylation sites is 1. The molecule has 25 heavy (non-hydrogen) atoms. The van der Waals surface area contributed by atoms with Crippen LogP contribution in [0.4, 0.5) is 5.69 Å². The number of nitrogens with one attached hydrogen (secondary N) is 3. The van der Waals surface area contributed by atoms with Crippen molar-refractivity contribution in [1.82, 2.24) is 10.3 Å². The van der Waals surface area contributed by atoms with E-state index in [1.165, 1.54) is 10.9 Å². The van der Waals surface area contributed by atoms with Crippen molar-refractivity contribution in [2.24, 2.45) is 0 Å². The highest BCUT2D eigenvalue weighted by Gasteiger charge is 2.05. The summed E-state index contributed by atoms with van der Waals surface area (Å²) < 4.78 is 0. The number of amides is 1. The second kappa shape index (κ2) is 8.39. The van der Waals surface area contributed by atoms with Crippen LogP contribution in [0.15, 0.2) is 48.7 Å². The van der Waals surface area contributed by atoms with Gasteiger partial charge in [0, 0.05) is 35.8 Å². The molecule has 0 aliphatic heterocycles. The second-order valence-electron chi connectivity index (χ2n) is 5.79. The van der Waals surface area contributed by atoms with E-state index >= 15 is 0 Å². The summed E-state index contributed by atoms with van der Waals surface area (Å²) in [4.78, 5) is 15.2. The Morgan fingerprint density at radius 3 is 2.72 bits per heavy atom. The maximum atomic E-state index is 11.9. The smallest absolute Gasteiger partial charge is 0.225 e. The Morgan fingerprint density at radius 1 is 1.04 bits per heavy atom. The number of halogens is 2. The first-order valence-electron chi connectivity index (χ1n) is 8.14. The van der Waals surface area contributed by atoms with Crippen LogP contribution in [0, 0.1) is 0 Å². The van der Waals surface area contributed by atoms with Gasteiger partial charge in [-0.1, -0.05) is 41.4 Å². The van der Waals surface area contributed by atoms with Crippen LogP contribution in [0.5, 0.6) is 0 Å². The SMILES string of the molecule is O=C(CCNCCc1c[nH]c2ccccc12)Nc1ccc(Cl)c(Cl)c1. The molecule has 0 unspecified atom stereocenters. The first-order chi connectivity index (χ1) is 12.1. The van der Waals surface area contributed by atoms with Gasteiger partial charge in [0.1, 0.15) is 0 Å². The molecule has 0 saturated carbocycles. The normalized spacial score (nSPS) is 11.0. The molecule has 0 radical (unpaired) electrons. The van der Waals surface area contributed by atoms with E-state index in [9.17, 15) is 4.79 Å². The zero-order chi connectivity index (χ0) is 17.6. The van der Waals surface area contributed by atoms with Crippen LogP contribution in [-0.4, -0.2) is 24.0 Å². The van der Waals surface area contributed by atoms with E-state index in [0.29, 0.717) is 28.7 Å². The Balaban J connectivity index is 1.39. The van der Waals surface area contributed by atoms with Gasteiger partial charge in [0.2, 0.25) is 5.91 Å². The first-order valence-corrected chi connectivity index (χ1v) is 8.89. The highest BCUT2D eigenvalue weighted by atomic mass is 35.5. The number of hydrogen-bond donors (Lipinski definition) is 3. The number of aromatic amines is 1. The van der Waals surface area contributed by atoms with Gasteiger partial charge in [-0.05, 0) is 42.8 Å². The molecule has 1 amide bonds. The number of aromatic nitrogens is 1.